The predicted octanol–water partition coefficient (Wildman–Crippen LogP) is 5.33. The van der Waals surface area contributed by atoms with E-state index in [1.807, 2.05) is 44.2 Å². The second-order valence-corrected chi connectivity index (χ2v) is 12.8. The molecule has 0 aliphatic rings. The SMILES string of the molecule is CCC(C)NC(=O)C(Cc1ccccc1)N(Cc1ccc(Cl)cc1Cl)C(=O)CN(c1ccc(OC)cc1OC)S(C)(=O)=O. The number of sulfonamides is 1. The fourth-order valence-corrected chi connectivity index (χ4v) is 5.74. The number of nitrogens with one attached hydrogen (secondary N) is 1. The molecule has 0 saturated heterocycles. The molecule has 3 aromatic rings. The van der Waals surface area contributed by atoms with Gasteiger partial charge in [-0.25, -0.2) is 8.42 Å². The van der Waals surface area contributed by atoms with Crippen LogP contribution in [0.5, 0.6) is 11.5 Å². The quantitative estimate of drug-likeness (QED) is 0.253. The van der Waals surface area contributed by atoms with Gasteiger partial charge in [-0.2, -0.15) is 0 Å². The highest BCUT2D eigenvalue weighted by Crippen LogP contribution is 2.34. The summed E-state index contributed by atoms with van der Waals surface area (Å²) in [5, 5.41) is 3.71. The number of benzene rings is 3. The molecule has 9 nitrogen and oxygen atoms in total. The number of nitrogens with zero attached hydrogens (tertiary/aromatic N) is 2. The van der Waals surface area contributed by atoms with Crippen LogP contribution in [0.2, 0.25) is 10.0 Å². The molecule has 0 heterocycles. The van der Waals surface area contributed by atoms with Gasteiger partial charge < -0.3 is 19.7 Å². The minimum Gasteiger partial charge on any atom is -0.497 e. The van der Waals surface area contributed by atoms with Crippen molar-refractivity contribution in [3.63, 3.8) is 0 Å². The third kappa shape index (κ3) is 9.26. The number of carbonyl (C=O) groups excluding carboxylic acids is 2. The van der Waals surface area contributed by atoms with Crippen LogP contribution in [0, 0.1) is 0 Å². The number of ether oxygens (including phenoxy) is 2. The van der Waals surface area contributed by atoms with E-state index in [1.165, 1.54) is 31.3 Å². The Bertz CT molecular complexity index is 1520. The topological polar surface area (TPSA) is 105 Å². The molecule has 232 valence electrons. The fraction of sp³-hybridized carbons (Fsp3) is 0.355. The summed E-state index contributed by atoms with van der Waals surface area (Å²) in [6.07, 6.45) is 1.87. The molecule has 2 atom stereocenters. The molecule has 3 rings (SSSR count). The van der Waals surface area contributed by atoms with Crippen molar-refractivity contribution in [2.45, 2.75) is 45.3 Å². The Morgan fingerprint density at radius 2 is 1.67 bits per heavy atom. The van der Waals surface area contributed by atoms with E-state index in [4.69, 9.17) is 32.7 Å². The van der Waals surface area contributed by atoms with Crippen molar-refractivity contribution in [1.82, 2.24) is 10.2 Å². The van der Waals surface area contributed by atoms with Gasteiger partial charge in [-0.3, -0.25) is 13.9 Å². The van der Waals surface area contributed by atoms with E-state index >= 15 is 0 Å². The molecule has 0 radical (unpaired) electrons. The average Bonchev–Trinajstić information content (AvgIpc) is 2.98. The summed E-state index contributed by atoms with van der Waals surface area (Å²) in [5.74, 6) is -0.344. The molecule has 43 heavy (non-hydrogen) atoms. The number of hydrogen-bond donors (Lipinski definition) is 1. The molecule has 0 aliphatic heterocycles. The van der Waals surface area contributed by atoms with Gasteiger partial charge in [0.05, 0.1) is 26.2 Å². The first-order valence-corrected chi connectivity index (χ1v) is 16.3. The first-order chi connectivity index (χ1) is 20.4. The van der Waals surface area contributed by atoms with E-state index in [1.54, 1.807) is 24.3 Å². The summed E-state index contributed by atoms with van der Waals surface area (Å²) in [7, 11) is -1.12. The monoisotopic (exact) mass is 649 g/mol. The number of amides is 2. The number of hydrogen-bond acceptors (Lipinski definition) is 6. The molecule has 0 spiro atoms. The van der Waals surface area contributed by atoms with E-state index in [0.29, 0.717) is 27.8 Å². The van der Waals surface area contributed by atoms with Crippen molar-refractivity contribution in [2.75, 3.05) is 31.3 Å². The molecule has 0 aromatic heterocycles. The maximum atomic E-state index is 14.3. The number of anilines is 1. The van der Waals surface area contributed by atoms with Gasteiger partial charge in [0, 0.05) is 35.1 Å². The van der Waals surface area contributed by atoms with Crippen molar-refractivity contribution in [3.05, 3.63) is 87.9 Å². The first-order valence-electron chi connectivity index (χ1n) is 13.6. The van der Waals surface area contributed by atoms with Crippen LogP contribution in [0.3, 0.4) is 0 Å². The molecule has 0 saturated carbocycles. The second kappa shape index (κ2) is 15.3. The lowest BCUT2D eigenvalue weighted by Crippen LogP contribution is -2.54. The number of methoxy groups -OCH3 is 2. The van der Waals surface area contributed by atoms with Crippen LogP contribution in [0.4, 0.5) is 5.69 Å². The summed E-state index contributed by atoms with van der Waals surface area (Å²) in [6, 6.07) is 17.6. The van der Waals surface area contributed by atoms with Gasteiger partial charge in [-0.1, -0.05) is 66.5 Å². The molecular formula is C31H37Cl2N3O6S. The van der Waals surface area contributed by atoms with E-state index in [2.05, 4.69) is 5.32 Å². The lowest BCUT2D eigenvalue weighted by atomic mass is 10.0. The van der Waals surface area contributed by atoms with E-state index < -0.39 is 28.5 Å². The average molecular weight is 651 g/mol. The van der Waals surface area contributed by atoms with Crippen molar-refractivity contribution in [1.29, 1.82) is 0 Å². The molecule has 0 aliphatic carbocycles. The second-order valence-electron chi connectivity index (χ2n) is 10.1. The summed E-state index contributed by atoms with van der Waals surface area (Å²) < 4.78 is 37.8. The highest BCUT2D eigenvalue weighted by molar-refractivity contribution is 7.92. The molecule has 0 fully saturated rings. The number of rotatable bonds is 14. The van der Waals surface area contributed by atoms with Gasteiger partial charge in [-0.05, 0) is 48.7 Å². The van der Waals surface area contributed by atoms with Crippen molar-refractivity contribution >= 4 is 50.7 Å². The number of halogens is 2. The van der Waals surface area contributed by atoms with Crippen LogP contribution >= 0.6 is 23.2 Å². The van der Waals surface area contributed by atoms with E-state index in [0.717, 1.165) is 16.1 Å². The van der Waals surface area contributed by atoms with Crippen molar-refractivity contribution < 1.29 is 27.5 Å². The fourth-order valence-electron chi connectivity index (χ4n) is 4.41. The maximum Gasteiger partial charge on any atom is 0.244 e. The van der Waals surface area contributed by atoms with Gasteiger partial charge in [-0.15, -0.1) is 0 Å². The van der Waals surface area contributed by atoms with Gasteiger partial charge in [0.15, 0.2) is 0 Å². The van der Waals surface area contributed by atoms with Gasteiger partial charge in [0.2, 0.25) is 21.8 Å². The normalized spacial score (nSPS) is 12.6. The zero-order valence-electron chi connectivity index (χ0n) is 24.8. The van der Waals surface area contributed by atoms with Gasteiger partial charge in [0.1, 0.15) is 24.1 Å². The minimum absolute atomic E-state index is 0.0718. The smallest absolute Gasteiger partial charge is 0.244 e. The summed E-state index contributed by atoms with van der Waals surface area (Å²) >= 11 is 12.6. The van der Waals surface area contributed by atoms with Crippen molar-refractivity contribution in [2.24, 2.45) is 0 Å². The zero-order chi connectivity index (χ0) is 31.7. The summed E-state index contributed by atoms with van der Waals surface area (Å²) in [6.45, 7) is 3.15. The van der Waals surface area contributed by atoms with Crippen LogP contribution in [-0.2, 0) is 32.6 Å². The van der Waals surface area contributed by atoms with Gasteiger partial charge in [0.25, 0.3) is 0 Å². The lowest BCUT2D eigenvalue weighted by molar-refractivity contribution is -0.140. The van der Waals surface area contributed by atoms with Crippen LogP contribution < -0.4 is 19.1 Å². The Labute approximate surface area is 263 Å². The van der Waals surface area contributed by atoms with Crippen LogP contribution in [-0.4, -0.2) is 64.2 Å². The van der Waals surface area contributed by atoms with Crippen LogP contribution in [0.15, 0.2) is 66.7 Å². The molecule has 2 amide bonds. The molecular weight excluding hydrogens is 613 g/mol. The summed E-state index contributed by atoms with van der Waals surface area (Å²) in [5.41, 5.74) is 1.51. The number of carbonyl (C=O) groups is 2. The first kappa shape index (κ1) is 34.0. The summed E-state index contributed by atoms with van der Waals surface area (Å²) in [4.78, 5) is 29.4. The molecule has 2 unspecified atom stereocenters. The Kier molecular flexibility index (Phi) is 12.1. The lowest BCUT2D eigenvalue weighted by Gasteiger charge is -2.34. The standard InChI is InChI=1S/C31H37Cl2N3O6S/c1-6-21(2)34-31(38)28(16-22-10-8-7-9-11-22)35(19-23-12-13-24(32)17-26(23)33)30(37)20-36(43(5,39)40)27-15-14-25(41-3)18-29(27)42-4/h7-15,17-18,21,28H,6,16,19-20H2,1-5H3,(H,34,38). The van der Waals surface area contributed by atoms with Gasteiger partial charge >= 0.3 is 0 Å². The zero-order valence-corrected chi connectivity index (χ0v) is 27.2. The molecule has 3 aromatic carbocycles. The molecule has 0 bridgehead atoms. The third-order valence-corrected chi connectivity index (χ3v) is 8.68. The highest BCUT2D eigenvalue weighted by atomic mass is 35.5. The third-order valence-electron chi connectivity index (χ3n) is 6.96. The molecule has 1 N–H and O–H groups in total. The van der Waals surface area contributed by atoms with E-state index in [-0.39, 0.29) is 36.4 Å². The molecule has 12 heteroatoms. The van der Waals surface area contributed by atoms with Crippen LogP contribution in [0.25, 0.3) is 0 Å². The maximum absolute atomic E-state index is 14.3. The Balaban J connectivity index is 2.13. The predicted molar refractivity (Wildman–Crippen MR) is 171 cm³/mol. The Hall–Kier alpha value is -3.47. The van der Waals surface area contributed by atoms with Crippen molar-refractivity contribution in [3.8, 4) is 11.5 Å². The van der Waals surface area contributed by atoms with E-state index in [9.17, 15) is 18.0 Å². The largest absolute Gasteiger partial charge is 0.497 e. The van der Waals surface area contributed by atoms with Crippen LogP contribution in [0.1, 0.15) is 31.4 Å². The Morgan fingerprint density at radius 1 is 0.977 bits per heavy atom. The minimum atomic E-state index is -3.99. The highest BCUT2D eigenvalue weighted by Gasteiger charge is 2.34. The Morgan fingerprint density at radius 3 is 2.26 bits per heavy atom.